The van der Waals surface area contributed by atoms with Crippen molar-refractivity contribution in [3.8, 4) is 0 Å². The third-order valence-electron chi connectivity index (χ3n) is 1.60. The third kappa shape index (κ3) is 4.98. The summed E-state index contributed by atoms with van der Waals surface area (Å²) in [6, 6.07) is 3.47. The van der Waals surface area contributed by atoms with Gasteiger partial charge in [-0.2, -0.15) is 0 Å². The SMILES string of the molecule is CC(C)(C)OC(=O)NCc1ccc(Cl)cn1. The minimum Gasteiger partial charge on any atom is -0.444 e. The van der Waals surface area contributed by atoms with Gasteiger partial charge in [0, 0.05) is 6.20 Å². The van der Waals surface area contributed by atoms with Gasteiger partial charge >= 0.3 is 6.09 Å². The summed E-state index contributed by atoms with van der Waals surface area (Å²) in [6.07, 6.45) is 1.08. The standard InChI is InChI=1S/C11H15ClN2O2/c1-11(2,3)16-10(15)14-7-9-5-4-8(12)6-13-9/h4-6H,7H2,1-3H3,(H,14,15). The molecule has 1 heterocycles. The Kier molecular flexibility index (Phi) is 4.12. The Morgan fingerprint density at radius 2 is 2.19 bits per heavy atom. The van der Waals surface area contributed by atoms with Crippen LogP contribution in [0.4, 0.5) is 4.79 Å². The van der Waals surface area contributed by atoms with Crippen molar-refractivity contribution < 1.29 is 9.53 Å². The van der Waals surface area contributed by atoms with Crippen LogP contribution < -0.4 is 5.32 Å². The van der Waals surface area contributed by atoms with Gasteiger partial charge in [0.25, 0.3) is 0 Å². The zero-order valence-electron chi connectivity index (χ0n) is 9.58. The van der Waals surface area contributed by atoms with Gasteiger partial charge in [0.2, 0.25) is 0 Å². The molecule has 0 aliphatic carbocycles. The van der Waals surface area contributed by atoms with Crippen LogP contribution in [0.5, 0.6) is 0 Å². The van der Waals surface area contributed by atoms with Crippen LogP contribution in [0.1, 0.15) is 26.5 Å². The third-order valence-corrected chi connectivity index (χ3v) is 1.82. The molecule has 0 atom stereocenters. The molecule has 0 radical (unpaired) electrons. The second kappa shape index (κ2) is 5.16. The van der Waals surface area contributed by atoms with E-state index >= 15 is 0 Å². The van der Waals surface area contributed by atoms with Crippen LogP contribution in [0, 0.1) is 0 Å². The molecule has 88 valence electrons. The van der Waals surface area contributed by atoms with Crippen LogP contribution in [0.25, 0.3) is 0 Å². The lowest BCUT2D eigenvalue weighted by molar-refractivity contribution is 0.0523. The molecule has 0 saturated carbocycles. The molecular formula is C11H15ClN2O2. The highest BCUT2D eigenvalue weighted by molar-refractivity contribution is 6.30. The number of rotatable bonds is 2. The fraction of sp³-hybridized carbons (Fsp3) is 0.455. The maximum atomic E-state index is 11.3. The van der Waals surface area contributed by atoms with E-state index in [9.17, 15) is 4.79 Å². The molecule has 1 amide bonds. The first-order chi connectivity index (χ1) is 7.37. The van der Waals surface area contributed by atoms with Crippen LogP contribution in [0.2, 0.25) is 5.02 Å². The molecule has 0 aliphatic heterocycles. The quantitative estimate of drug-likeness (QED) is 0.868. The van der Waals surface area contributed by atoms with E-state index in [0.29, 0.717) is 11.6 Å². The monoisotopic (exact) mass is 242 g/mol. The normalized spacial score (nSPS) is 11.0. The van der Waals surface area contributed by atoms with Crippen molar-refractivity contribution in [1.29, 1.82) is 0 Å². The molecule has 1 aromatic heterocycles. The van der Waals surface area contributed by atoms with Crippen LogP contribution in [0.15, 0.2) is 18.3 Å². The number of alkyl carbamates (subject to hydrolysis) is 1. The lowest BCUT2D eigenvalue weighted by Gasteiger charge is -2.19. The van der Waals surface area contributed by atoms with E-state index < -0.39 is 11.7 Å². The van der Waals surface area contributed by atoms with Crippen LogP contribution in [-0.2, 0) is 11.3 Å². The molecule has 4 nitrogen and oxygen atoms in total. The molecule has 0 bridgehead atoms. The molecule has 0 unspecified atom stereocenters. The Morgan fingerprint density at radius 1 is 1.50 bits per heavy atom. The Morgan fingerprint density at radius 3 is 2.69 bits per heavy atom. The highest BCUT2D eigenvalue weighted by atomic mass is 35.5. The van der Waals surface area contributed by atoms with Crippen molar-refractivity contribution in [3.63, 3.8) is 0 Å². The summed E-state index contributed by atoms with van der Waals surface area (Å²) in [5.74, 6) is 0. The van der Waals surface area contributed by atoms with E-state index in [2.05, 4.69) is 10.3 Å². The first-order valence-corrected chi connectivity index (χ1v) is 5.32. The number of carbonyl (C=O) groups is 1. The second-order valence-electron chi connectivity index (χ2n) is 4.32. The molecule has 1 aromatic rings. The van der Waals surface area contributed by atoms with Gasteiger partial charge in [-0.25, -0.2) is 4.79 Å². The smallest absolute Gasteiger partial charge is 0.407 e. The summed E-state index contributed by atoms with van der Waals surface area (Å²) in [5, 5.41) is 3.18. The Balaban J connectivity index is 2.40. The first kappa shape index (κ1) is 12.8. The van der Waals surface area contributed by atoms with Gasteiger partial charge in [-0.15, -0.1) is 0 Å². The number of nitrogens with one attached hydrogen (secondary N) is 1. The van der Waals surface area contributed by atoms with Gasteiger partial charge in [-0.1, -0.05) is 11.6 Å². The van der Waals surface area contributed by atoms with Crippen molar-refractivity contribution in [1.82, 2.24) is 10.3 Å². The number of nitrogens with zero attached hydrogens (tertiary/aromatic N) is 1. The first-order valence-electron chi connectivity index (χ1n) is 4.94. The Bertz CT molecular complexity index is 357. The largest absolute Gasteiger partial charge is 0.444 e. The fourth-order valence-electron chi connectivity index (χ4n) is 0.988. The van der Waals surface area contributed by atoms with E-state index in [1.165, 1.54) is 6.20 Å². The van der Waals surface area contributed by atoms with Crippen molar-refractivity contribution in [3.05, 3.63) is 29.0 Å². The molecule has 0 fully saturated rings. The van der Waals surface area contributed by atoms with Crippen molar-refractivity contribution in [2.24, 2.45) is 0 Å². The maximum Gasteiger partial charge on any atom is 0.407 e. The maximum absolute atomic E-state index is 11.3. The summed E-state index contributed by atoms with van der Waals surface area (Å²) in [6.45, 7) is 5.76. The molecule has 0 aliphatic rings. The number of amides is 1. The van der Waals surface area contributed by atoms with Crippen LogP contribution in [-0.4, -0.2) is 16.7 Å². The van der Waals surface area contributed by atoms with Crippen LogP contribution in [0.3, 0.4) is 0 Å². The lowest BCUT2D eigenvalue weighted by atomic mass is 10.2. The number of carbonyl (C=O) groups excluding carboxylic acids is 1. The van der Waals surface area contributed by atoms with Crippen LogP contribution >= 0.6 is 11.6 Å². The van der Waals surface area contributed by atoms with Gasteiger partial charge in [0.05, 0.1) is 17.3 Å². The average molecular weight is 243 g/mol. The van der Waals surface area contributed by atoms with E-state index in [0.717, 1.165) is 5.69 Å². The van der Waals surface area contributed by atoms with Crippen molar-refractivity contribution >= 4 is 17.7 Å². The number of halogens is 1. The molecule has 0 saturated heterocycles. The average Bonchev–Trinajstić information content (AvgIpc) is 2.14. The fourth-order valence-corrected chi connectivity index (χ4v) is 1.10. The summed E-state index contributed by atoms with van der Waals surface area (Å²) >= 11 is 5.69. The van der Waals surface area contributed by atoms with Crippen molar-refractivity contribution in [2.45, 2.75) is 32.9 Å². The molecular weight excluding hydrogens is 228 g/mol. The lowest BCUT2D eigenvalue weighted by Crippen LogP contribution is -2.32. The summed E-state index contributed by atoms with van der Waals surface area (Å²) < 4.78 is 5.08. The predicted octanol–water partition coefficient (Wildman–Crippen LogP) is 2.76. The molecule has 5 heteroatoms. The van der Waals surface area contributed by atoms with E-state index in [1.54, 1.807) is 12.1 Å². The summed E-state index contributed by atoms with van der Waals surface area (Å²) in [7, 11) is 0. The second-order valence-corrected chi connectivity index (χ2v) is 4.76. The molecule has 0 spiro atoms. The summed E-state index contributed by atoms with van der Waals surface area (Å²) in [5.41, 5.74) is 0.243. The zero-order valence-corrected chi connectivity index (χ0v) is 10.3. The number of hydrogen-bond donors (Lipinski definition) is 1. The predicted molar refractivity (Wildman–Crippen MR) is 62.3 cm³/mol. The van der Waals surface area contributed by atoms with E-state index in [4.69, 9.17) is 16.3 Å². The van der Waals surface area contributed by atoms with Gasteiger partial charge < -0.3 is 10.1 Å². The number of hydrogen-bond acceptors (Lipinski definition) is 3. The van der Waals surface area contributed by atoms with Gasteiger partial charge in [0.15, 0.2) is 0 Å². The zero-order chi connectivity index (χ0) is 12.2. The van der Waals surface area contributed by atoms with E-state index in [1.807, 2.05) is 20.8 Å². The van der Waals surface area contributed by atoms with E-state index in [-0.39, 0.29) is 0 Å². The highest BCUT2D eigenvalue weighted by Crippen LogP contribution is 2.08. The number of pyridine rings is 1. The minimum absolute atomic E-state index is 0.325. The Hall–Kier alpha value is -1.29. The molecule has 16 heavy (non-hydrogen) atoms. The Labute approximate surface area is 100.0 Å². The van der Waals surface area contributed by atoms with Gasteiger partial charge in [-0.05, 0) is 32.9 Å². The highest BCUT2D eigenvalue weighted by Gasteiger charge is 2.15. The number of aromatic nitrogens is 1. The van der Waals surface area contributed by atoms with Gasteiger partial charge in [-0.3, -0.25) is 4.98 Å². The minimum atomic E-state index is -0.489. The molecule has 1 N–H and O–H groups in total. The van der Waals surface area contributed by atoms with Crippen molar-refractivity contribution in [2.75, 3.05) is 0 Å². The molecule has 0 aromatic carbocycles. The number of ether oxygens (including phenoxy) is 1. The molecule has 1 rings (SSSR count). The summed E-state index contributed by atoms with van der Waals surface area (Å²) in [4.78, 5) is 15.4. The topological polar surface area (TPSA) is 51.2 Å². The van der Waals surface area contributed by atoms with Gasteiger partial charge in [0.1, 0.15) is 5.60 Å².